The molecular formula is C11H19NO3. The van der Waals surface area contributed by atoms with Crippen LogP contribution in [0.2, 0.25) is 0 Å². The quantitative estimate of drug-likeness (QED) is 0.696. The first-order valence-corrected chi connectivity index (χ1v) is 5.60. The van der Waals surface area contributed by atoms with Crippen LogP contribution in [0, 0.1) is 11.8 Å². The molecule has 86 valence electrons. The van der Waals surface area contributed by atoms with Crippen LogP contribution >= 0.6 is 0 Å². The summed E-state index contributed by atoms with van der Waals surface area (Å²) in [5, 5.41) is 10.7. The fourth-order valence-electron chi connectivity index (χ4n) is 2.08. The zero-order valence-electron chi connectivity index (χ0n) is 9.16. The lowest BCUT2D eigenvalue weighted by atomic mass is 9.81. The molecule has 1 aliphatic rings. The van der Waals surface area contributed by atoms with E-state index < -0.39 is 11.9 Å². The lowest BCUT2D eigenvalue weighted by Gasteiger charge is -2.25. The van der Waals surface area contributed by atoms with Crippen LogP contribution in [0.5, 0.6) is 0 Å². The predicted molar refractivity (Wildman–Crippen MR) is 56.4 cm³/mol. The Morgan fingerprint density at radius 2 is 1.87 bits per heavy atom. The lowest BCUT2D eigenvalue weighted by molar-refractivity contribution is -0.150. The molecule has 4 heteroatoms. The average Bonchev–Trinajstić information content (AvgIpc) is 2.20. The highest BCUT2D eigenvalue weighted by Gasteiger charge is 2.18. The van der Waals surface area contributed by atoms with Gasteiger partial charge in [0.1, 0.15) is 0 Å². The van der Waals surface area contributed by atoms with Crippen molar-refractivity contribution in [3.8, 4) is 0 Å². The first kappa shape index (κ1) is 12.0. The molecule has 0 unspecified atom stereocenters. The summed E-state index contributed by atoms with van der Waals surface area (Å²) in [5.41, 5.74) is 0. The topological polar surface area (TPSA) is 66.4 Å². The van der Waals surface area contributed by atoms with Gasteiger partial charge in [-0.05, 0) is 18.3 Å². The Morgan fingerprint density at radius 3 is 2.40 bits per heavy atom. The van der Waals surface area contributed by atoms with Crippen molar-refractivity contribution in [2.75, 3.05) is 6.54 Å². The average molecular weight is 213 g/mol. The van der Waals surface area contributed by atoms with Gasteiger partial charge in [-0.3, -0.25) is 4.79 Å². The van der Waals surface area contributed by atoms with Crippen molar-refractivity contribution in [2.24, 2.45) is 11.8 Å². The molecule has 15 heavy (non-hydrogen) atoms. The Bertz CT molecular complexity index is 232. The van der Waals surface area contributed by atoms with Crippen LogP contribution in [-0.4, -0.2) is 23.5 Å². The van der Waals surface area contributed by atoms with Gasteiger partial charge in [0, 0.05) is 6.54 Å². The van der Waals surface area contributed by atoms with E-state index in [1.807, 2.05) is 0 Å². The molecule has 0 radical (unpaired) electrons. The molecule has 0 aromatic rings. The second-order valence-electron chi connectivity index (χ2n) is 4.48. The summed E-state index contributed by atoms with van der Waals surface area (Å²) in [4.78, 5) is 20.9. The standard InChI is InChI=1S/C11H19NO3/c1-8-2-4-9(5-3-8)6-7-12-10(13)11(14)15/h8-9H,2-7H2,1H3,(H,12,13)(H,14,15). The zero-order valence-corrected chi connectivity index (χ0v) is 9.16. The molecule has 1 aliphatic carbocycles. The van der Waals surface area contributed by atoms with Gasteiger partial charge in [0.05, 0.1) is 0 Å². The van der Waals surface area contributed by atoms with Gasteiger partial charge >= 0.3 is 11.9 Å². The molecule has 1 rings (SSSR count). The molecule has 0 spiro atoms. The van der Waals surface area contributed by atoms with Crippen molar-refractivity contribution in [1.82, 2.24) is 5.32 Å². The van der Waals surface area contributed by atoms with E-state index >= 15 is 0 Å². The molecule has 4 nitrogen and oxygen atoms in total. The van der Waals surface area contributed by atoms with E-state index in [4.69, 9.17) is 5.11 Å². The van der Waals surface area contributed by atoms with Crippen LogP contribution in [0.15, 0.2) is 0 Å². The van der Waals surface area contributed by atoms with E-state index in [0.29, 0.717) is 12.5 Å². The van der Waals surface area contributed by atoms with Crippen molar-refractivity contribution in [1.29, 1.82) is 0 Å². The highest BCUT2D eigenvalue weighted by Crippen LogP contribution is 2.29. The fourth-order valence-corrected chi connectivity index (χ4v) is 2.08. The number of hydrogen-bond donors (Lipinski definition) is 2. The molecule has 0 aliphatic heterocycles. The summed E-state index contributed by atoms with van der Waals surface area (Å²) in [7, 11) is 0. The summed E-state index contributed by atoms with van der Waals surface area (Å²) in [6.07, 6.45) is 5.86. The maximum Gasteiger partial charge on any atom is 0.394 e. The van der Waals surface area contributed by atoms with Gasteiger partial charge in [0.15, 0.2) is 0 Å². The van der Waals surface area contributed by atoms with Gasteiger partial charge in [-0.1, -0.05) is 32.6 Å². The third-order valence-corrected chi connectivity index (χ3v) is 3.17. The molecular weight excluding hydrogens is 194 g/mol. The van der Waals surface area contributed by atoms with E-state index in [9.17, 15) is 9.59 Å². The third kappa shape index (κ3) is 4.32. The zero-order chi connectivity index (χ0) is 11.3. The molecule has 0 bridgehead atoms. The van der Waals surface area contributed by atoms with Crippen LogP contribution < -0.4 is 5.32 Å². The number of nitrogens with one attached hydrogen (secondary N) is 1. The Balaban J connectivity index is 2.10. The highest BCUT2D eigenvalue weighted by atomic mass is 16.4. The van der Waals surface area contributed by atoms with Gasteiger partial charge in [0.25, 0.3) is 0 Å². The molecule has 2 N–H and O–H groups in total. The fraction of sp³-hybridized carbons (Fsp3) is 0.818. The van der Waals surface area contributed by atoms with E-state index in [1.165, 1.54) is 25.7 Å². The van der Waals surface area contributed by atoms with Crippen LogP contribution in [0.1, 0.15) is 39.0 Å². The first-order valence-electron chi connectivity index (χ1n) is 5.60. The minimum atomic E-state index is -1.40. The molecule has 1 amide bonds. The van der Waals surface area contributed by atoms with E-state index in [-0.39, 0.29) is 0 Å². The van der Waals surface area contributed by atoms with Crippen molar-refractivity contribution in [2.45, 2.75) is 39.0 Å². The highest BCUT2D eigenvalue weighted by molar-refractivity contribution is 6.31. The maximum atomic E-state index is 10.7. The Morgan fingerprint density at radius 1 is 1.27 bits per heavy atom. The van der Waals surface area contributed by atoms with Gasteiger partial charge < -0.3 is 10.4 Å². The summed E-state index contributed by atoms with van der Waals surface area (Å²) in [6, 6.07) is 0. The van der Waals surface area contributed by atoms with Gasteiger partial charge in [-0.2, -0.15) is 0 Å². The van der Waals surface area contributed by atoms with Crippen LogP contribution in [0.4, 0.5) is 0 Å². The number of rotatable bonds is 3. The molecule has 0 heterocycles. The number of aliphatic carboxylic acids is 1. The Labute approximate surface area is 90.0 Å². The number of carboxylic acid groups (broad SMARTS) is 1. The van der Waals surface area contributed by atoms with Crippen LogP contribution in [0.3, 0.4) is 0 Å². The largest absolute Gasteiger partial charge is 0.474 e. The van der Waals surface area contributed by atoms with E-state index in [2.05, 4.69) is 12.2 Å². The number of carbonyl (C=O) groups is 2. The van der Waals surface area contributed by atoms with Crippen molar-refractivity contribution in [3.05, 3.63) is 0 Å². The molecule has 0 aromatic carbocycles. The van der Waals surface area contributed by atoms with Crippen molar-refractivity contribution in [3.63, 3.8) is 0 Å². The van der Waals surface area contributed by atoms with E-state index in [0.717, 1.165) is 12.3 Å². The number of hydrogen-bond acceptors (Lipinski definition) is 2. The minimum Gasteiger partial charge on any atom is -0.474 e. The maximum absolute atomic E-state index is 10.7. The van der Waals surface area contributed by atoms with Gasteiger partial charge in [0.2, 0.25) is 0 Å². The number of carboxylic acids is 1. The summed E-state index contributed by atoms with van der Waals surface area (Å²) < 4.78 is 0. The second kappa shape index (κ2) is 5.73. The summed E-state index contributed by atoms with van der Waals surface area (Å²) in [6.45, 7) is 2.76. The molecule has 1 saturated carbocycles. The van der Waals surface area contributed by atoms with Gasteiger partial charge in [-0.25, -0.2) is 4.79 Å². The summed E-state index contributed by atoms with van der Waals surface area (Å²) >= 11 is 0. The second-order valence-corrected chi connectivity index (χ2v) is 4.48. The first-order chi connectivity index (χ1) is 7.09. The molecule has 0 aromatic heterocycles. The molecule has 1 fully saturated rings. The van der Waals surface area contributed by atoms with Crippen molar-refractivity contribution >= 4 is 11.9 Å². The van der Waals surface area contributed by atoms with Crippen molar-refractivity contribution < 1.29 is 14.7 Å². The third-order valence-electron chi connectivity index (χ3n) is 3.17. The van der Waals surface area contributed by atoms with Crippen LogP contribution in [-0.2, 0) is 9.59 Å². The number of amides is 1. The smallest absolute Gasteiger partial charge is 0.394 e. The lowest BCUT2D eigenvalue weighted by Crippen LogP contribution is -2.32. The predicted octanol–water partition coefficient (Wildman–Crippen LogP) is 1.40. The van der Waals surface area contributed by atoms with Crippen LogP contribution in [0.25, 0.3) is 0 Å². The monoisotopic (exact) mass is 213 g/mol. The van der Waals surface area contributed by atoms with E-state index in [1.54, 1.807) is 0 Å². The Kier molecular flexibility index (Phi) is 4.59. The normalized spacial score (nSPS) is 25.9. The molecule has 0 atom stereocenters. The SMILES string of the molecule is CC1CCC(CCNC(=O)C(=O)O)CC1. The summed E-state index contributed by atoms with van der Waals surface area (Å²) in [5.74, 6) is -0.795. The van der Waals surface area contributed by atoms with Gasteiger partial charge in [-0.15, -0.1) is 0 Å². The minimum absolute atomic E-state index is 0.490. The number of carbonyl (C=O) groups excluding carboxylic acids is 1. The molecule has 0 saturated heterocycles. The Hall–Kier alpha value is -1.06.